The molecule has 0 saturated heterocycles. The molecule has 0 amide bonds. The van der Waals surface area contributed by atoms with Gasteiger partial charge in [0.25, 0.3) is 0 Å². The normalized spacial score (nSPS) is 17.4. The highest BCUT2D eigenvalue weighted by Crippen LogP contribution is 2.39. The van der Waals surface area contributed by atoms with Crippen LogP contribution in [-0.4, -0.2) is 6.61 Å². The van der Waals surface area contributed by atoms with E-state index < -0.39 is 0 Å². The van der Waals surface area contributed by atoms with E-state index >= 15 is 0 Å². The van der Waals surface area contributed by atoms with Gasteiger partial charge in [-0.1, -0.05) is 11.6 Å². The van der Waals surface area contributed by atoms with Crippen LogP contribution < -0.4 is 10.1 Å². The summed E-state index contributed by atoms with van der Waals surface area (Å²) in [4.78, 5) is 1.44. The second-order valence-electron chi connectivity index (χ2n) is 5.43. The van der Waals surface area contributed by atoms with E-state index in [1.807, 2.05) is 13.0 Å². The van der Waals surface area contributed by atoms with Crippen molar-refractivity contribution in [3.63, 3.8) is 0 Å². The minimum absolute atomic E-state index is 0.370. The molecule has 2 aromatic rings. The first-order valence-electron chi connectivity index (χ1n) is 7.45. The molecule has 4 heteroatoms. The number of halogens is 1. The third-order valence-electron chi connectivity index (χ3n) is 3.92. The second-order valence-corrected chi connectivity index (χ2v) is 7.20. The Morgan fingerprint density at radius 2 is 2.24 bits per heavy atom. The number of fused-ring (bicyclic) bond motifs is 1. The fourth-order valence-electron chi connectivity index (χ4n) is 2.91. The first kappa shape index (κ1) is 14.7. The molecule has 21 heavy (non-hydrogen) atoms. The maximum absolute atomic E-state index is 6.18. The van der Waals surface area contributed by atoms with Gasteiger partial charge in [-0.15, -0.1) is 11.3 Å². The number of hydrogen-bond donors (Lipinski definition) is 1. The van der Waals surface area contributed by atoms with Crippen LogP contribution in [0.3, 0.4) is 0 Å². The van der Waals surface area contributed by atoms with Crippen molar-refractivity contribution >= 4 is 28.6 Å². The second kappa shape index (κ2) is 6.29. The Hall–Kier alpha value is -1.19. The molecule has 1 aromatic carbocycles. The van der Waals surface area contributed by atoms with Gasteiger partial charge in [-0.3, -0.25) is 0 Å². The third-order valence-corrected chi connectivity index (χ3v) is 5.26. The number of hydrogen-bond acceptors (Lipinski definition) is 3. The molecule has 3 rings (SSSR count). The molecular formula is C17H20ClNOS. The number of thiophene rings is 1. The lowest BCUT2D eigenvalue weighted by Crippen LogP contribution is -2.16. The van der Waals surface area contributed by atoms with Crippen molar-refractivity contribution in [3.8, 4) is 5.75 Å². The van der Waals surface area contributed by atoms with Gasteiger partial charge in [0.1, 0.15) is 5.75 Å². The fraction of sp³-hybridized carbons (Fsp3) is 0.412. The summed E-state index contributed by atoms with van der Waals surface area (Å²) >= 11 is 7.90. The molecule has 1 atom stereocenters. The largest absolute Gasteiger partial charge is 0.494 e. The summed E-state index contributed by atoms with van der Waals surface area (Å²) in [6.45, 7) is 4.83. The Labute approximate surface area is 135 Å². The van der Waals surface area contributed by atoms with E-state index in [2.05, 4.69) is 30.4 Å². The van der Waals surface area contributed by atoms with Gasteiger partial charge < -0.3 is 10.1 Å². The van der Waals surface area contributed by atoms with Gasteiger partial charge in [0.05, 0.1) is 17.0 Å². The van der Waals surface area contributed by atoms with Gasteiger partial charge >= 0.3 is 0 Å². The Bertz CT molecular complexity index is 638. The zero-order valence-corrected chi connectivity index (χ0v) is 14.0. The smallest absolute Gasteiger partial charge is 0.119 e. The quantitative estimate of drug-likeness (QED) is 0.791. The van der Waals surface area contributed by atoms with Crippen LogP contribution in [0.5, 0.6) is 5.75 Å². The molecule has 0 saturated carbocycles. The van der Waals surface area contributed by atoms with Crippen LogP contribution in [0.2, 0.25) is 4.34 Å². The fourth-order valence-corrected chi connectivity index (χ4v) is 4.30. The molecule has 0 fully saturated rings. The molecule has 1 unspecified atom stereocenters. The lowest BCUT2D eigenvalue weighted by atomic mass is 9.93. The molecule has 0 spiro atoms. The van der Waals surface area contributed by atoms with Gasteiger partial charge in [-0.25, -0.2) is 0 Å². The van der Waals surface area contributed by atoms with E-state index in [0.29, 0.717) is 12.6 Å². The number of aryl methyl sites for hydroxylation is 2. The van der Waals surface area contributed by atoms with Gasteiger partial charge in [0.15, 0.2) is 0 Å². The van der Waals surface area contributed by atoms with E-state index in [-0.39, 0.29) is 0 Å². The number of rotatable bonds is 4. The summed E-state index contributed by atoms with van der Waals surface area (Å²) in [5, 5.41) is 3.68. The molecule has 112 valence electrons. The van der Waals surface area contributed by atoms with E-state index in [4.69, 9.17) is 16.3 Å². The molecule has 0 radical (unpaired) electrons. The SMILES string of the molecule is CCOc1ccc(NC2CCCc3sc(Cl)cc32)c(C)c1. The first-order valence-corrected chi connectivity index (χ1v) is 8.65. The zero-order valence-electron chi connectivity index (χ0n) is 12.4. The molecule has 2 nitrogen and oxygen atoms in total. The maximum atomic E-state index is 6.18. The monoisotopic (exact) mass is 321 g/mol. The van der Waals surface area contributed by atoms with Crippen LogP contribution in [0, 0.1) is 6.92 Å². The summed E-state index contributed by atoms with van der Waals surface area (Å²) in [5.74, 6) is 0.934. The van der Waals surface area contributed by atoms with Gasteiger partial charge in [0.2, 0.25) is 0 Å². The van der Waals surface area contributed by atoms with Crippen molar-refractivity contribution in [1.82, 2.24) is 0 Å². The van der Waals surface area contributed by atoms with Crippen LogP contribution in [0.4, 0.5) is 5.69 Å². The van der Waals surface area contributed by atoms with E-state index in [9.17, 15) is 0 Å². The molecular weight excluding hydrogens is 302 g/mol. The highest BCUT2D eigenvalue weighted by molar-refractivity contribution is 7.16. The molecule has 0 bridgehead atoms. The maximum Gasteiger partial charge on any atom is 0.119 e. The lowest BCUT2D eigenvalue weighted by Gasteiger charge is -2.25. The van der Waals surface area contributed by atoms with Crippen LogP contribution in [0.25, 0.3) is 0 Å². The minimum Gasteiger partial charge on any atom is -0.494 e. The summed E-state index contributed by atoms with van der Waals surface area (Å²) in [6, 6.07) is 8.73. The van der Waals surface area contributed by atoms with Crippen LogP contribution >= 0.6 is 22.9 Å². The number of anilines is 1. The van der Waals surface area contributed by atoms with Crippen molar-refractivity contribution in [3.05, 3.63) is 44.6 Å². The number of benzene rings is 1. The Morgan fingerprint density at radius 3 is 3.00 bits per heavy atom. The van der Waals surface area contributed by atoms with E-state index in [1.165, 1.54) is 28.1 Å². The Kier molecular flexibility index (Phi) is 4.41. The summed E-state index contributed by atoms with van der Waals surface area (Å²) < 4.78 is 6.45. The molecule has 1 N–H and O–H groups in total. The van der Waals surface area contributed by atoms with E-state index in [0.717, 1.165) is 22.9 Å². The minimum atomic E-state index is 0.370. The first-order chi connectivity index (χ1) is 10.2. The summed E-state index contributed by atoms with van der Waals surface area (Å²) in [6.07, 6.45) is 3.54. The standard InChI is InChI=1S/C17H20ClNOS/c1-3-20-12-7-8-14(11(2)9-12)19-15-5-4-6-16-13(15)10-17(18)21-16/h7-10,15,19H,3-6H2,1-2H3. The van der Waals surface area contributed by atoms with Crippen LogP contribution in [0.15, 0.2) is 24.3 Å². The van der Waals surface area contributed by atoms with Crippen molar-refractivity contribution < 1.29 is 4.74 Å². The van der Waals surface area contributed by atoms with Crippen molar-refractivity contribution in [2.45, 2.75) is 39.2 Å². The van der Waals surface area contributed by atoms with Crippen LogP contribution in [0.1, 0.15) is 41.8 Å². The Balaban J connectivity index is 1.81. The summed E-state index contributed by atoms with van der Waals surface area (Å²) in [7, 11) is 0. The van der Waals surface area contributed by atoms with E-state index in [1.54, 1.807) is 11.3 Å². The molecule has 1 heterocycles. The molecule has 1 aliphatic rings. The lowest BCUT2D eigenvalue weighted by molar-refractivity contribution is 0.340. The average Bonchev–Trinajstić information content (AvgIpc) is 2.83. The zero-order chi connectivity index (χ0) is 14.8. The molecule has 1 aliphatic carbocycles. The Morgan fingerprint density at radius 1 is 1.38 bits per heavy atom. The van der Waals surface area contributed by atoms with Gasteiger partial charge in [-0.05, 0) is 68.5 Å². The van der Waals surface area contributed by atoms with Gasteiger partial charge in [0, 0.05) is 10.6 Å². The predicted molar refractivity (Wildman–Crippen MR) is 91.0 cm³/mol. The third kappa shape index (κ3) is 3.19. The topological polar surface area (TPSA) is 21.3 Å². The molecule has 1 aromatic heterocycles. The number of nitrogens with one attached hydrogen (secondary N) is 1. The van der Waals surface area contributed by atoms with Crippen molar-refractivity contribution in [2.24, 2.45) is 0 Å². The predicted octanol–water partition coefficient (Wildman–Crippen LogP) is 5.60. The average molecular weight is 322 g/mol. The number of ether oxygens (including phenoxy) is 1. The highest BCUT2D eigenvalue weighted by atomic mass is 35.5. The highest BCUT2D eigenvalue weighted by Gasteiger charge is 2.23. The van der Waals surface area contributed by atoms with Crippen molar-refractivity contribution in [1.29, 1.82) is 0 Å². The summed E-state index contributed by atoms with van der Waals surface area (Å²) in [5.41, 5.74) is 3.78. The van der Waals surface area contributed by atoms with Crippen LogP contribution in [-0.2, 0) is 6.42 Å². The molecule has 0 aliphatic heterocycles. The van der Waals surface area contributed by atoms with Gasteiger partial charge in [-0.2, -0.15) is 0 Å². The van der Waals surface area contributed by atoms with Crippen molar-refractivity contribution in [2.75, 3.05) is 11.9 Å².